The minimum absolute atomic E-state index is 0.337. The van der Waals surface area contributed by atoms with E-state index in [-0.39, 0.29) is 5.97 Å². The van der Waals surface area contributed by atoms with E-state index in [0.29, 0.717) is 23.7 Å². The second kappa shape index (κ2) is 5.95. The van der Waals surface area contributed by atoms with E-state index in [0.717, 1.165) is 0 Å². The van der Waals surface area contributed by atoms with Crippen molar-refractivity contribution in [1.82, 2.24) is 0 Å². The second-order valence-corrected chi connectivity index (χ2v) is 3.32. The fourth-order valence-electron chi connectivity index (χ4n) is 1.12. The Balaban J connectivity index is 2.73. The van der Waals surface area contributed by atoms with Crippen LogP contribution in [0.4, 0.5) is 0 Å². The fraction of sp³-hybridized carbons (Fsp3) is 0.308. The van der Waals surface area contributed by atoms with Gasteiger partial charge in [0.15, 0.2) is 0 Å². The van der Waals surface area contributed by atoms with Crippen LogP contribution >= 0.6 is 0 Å². The molecule has 0 aromatic heterocycles. The SMILES string of the molecule is CCOC(=O)/C(C)=C(\C)Oc1ccccc1. The summed E-state index contributed by atoms with van der Waals surface area (Å²) in [5, 5.41) is 0. The van der Waals surface area contributed by atoms with Crippen molar-refractivity contribution in [2.45, 2.75) is 20.8 Å². The third-order valence-corrected chi connectivity index (χ3v) is 2.12. The Bertz CT molecular complexity index is 379. The van der Waals surface area contributed by atoms with E-state index in [9.17, 15) is 4.79 Å². The van der Waals surface area contributed by atoms with Crippen LogP contribution in [0, 0.1) is 0 Å². The highest BCUT2D eigenvalue weighted by Crippen LogP contribution is 2.15. The molecule has 0 saturated carbocycles. The van der Waals surface area contributed by atoms with Crippen molar-refractivity contribution >= 4 is 5.97 Å². The standard InChI is InChI=1S/C13H16O3/c1-4-15-13(14)10(2)11(3)16-12-8-6-5-7-9-12/h5-9H,4H2,1-3H3/b11-10+. The topological polar surface area (TPSA) is 35.5 Å². The molecule has 0 fully saturated rings. The summed E-state index contributed by atoms with van der Waals surface area (Å²) < 4.78 is 10.4. The number of para-hydroxylation sites is 1. The molecule has 0 unspecified atom stereocenters. The first kappa shape index (κ1) is 12.3. The molecule has 16 heavy (non-hydrogen) atoms. The molecule has 0 saturated heterocycles. The number of esters is 1. The van der Waals surface area contributed by atoms with Crippen molar-refractivity contribution < 1.29 is 14.3 Å². The molecule has 0 atom stereocenters. The van der Waals surface area contributed by atoms with Crippen LogP contribution < -0.4 is 4.74 Å². The van der Waals surface area contributed by atoms with Gasteiger partial charge in [-0.1, -0.05) is 18.2 Å². The summed E-state index contributed by atoms with van der Waals surface area (Å²) in [4.78, 5) is 11.4. The average Bonchev–Trinajstić information content (AvgIpc) is 2.29. The maximum Gasteiger partial charge on any atom is 0.337 e. The third-order valence-electron chi connectivity index (χ3n) is 2.12. The number of carbonyl (C=O) groups is 1. The number of allylic oxidation sites excluding steroid dienone is 1. The van der Waals surface area contributed by atoms with Gasteiger partial charge in [0.05, 0.1) is 12.2 Å². The van der Waals surface area contributed by atoms with Crippen molar-refractivity contribution in [2.75, 3.05) is 6.61 Å². The molecule has 86 valence electrons. The Hall–Kier alpha value is -1.77. The van der Waals surface area contributed by atoms with Gasteiger partial charge in [0.2, 0.25) is 0 Å². The van der Waals surface area contributed by atoms with E-state index < -0.39 is 0 Å². The second-order valence-electron chi connectivity index (χ2n) is 3.32. The Morgan fingerprint density at radius 1 is 1.19 bits per heavy atom. The molecule has 0 heterocycles. The van der Waals surface area contributed by atoms with E-state index in [4.69, 9.17) is 9.47 Å². The van der Waals surface area contributed by atoms with Crippen LogP contribution in [0.1, 0.15) is 20.8 Å². The molecule has 0 aliphatic rings. The van der Waals surface area contributed by atoms with Gasteiger partial charge in [-0.15, -0.1) is 0 Å². The third kappa shape index (κ3) is 3.42. The molecule has 1 aromatic carbocycles. The minimum atomic E-state index is -0.337. The molecule has 0 N–H and O–H groups in total. The van der Waals surface area contributed by atoms with Crippen molar-refractivity contribution in [3.05, 3.63) is 41.7 Å². The van der Waals surface area contributed by atoms with Crippen molar-refractivity contribution in [3.8, 4) is 5.75 Å². The van der Waals surface area contributed by atoms with Crippen molar-refractivity contribution in [2.24, 2.45) is 0 Å². The van der Waals surface area contributed by atoms with Gasteiger partial charge in [0.25, 0.3) is 0 Å². The monoisotopic (exact) mass is 220 g/mol. The van der Waals surface area contributed by atoms with Crippen LogP contribution in [-0.4, -0.2) is 12.6 Å². The molecule has 0 aliphatic heterocycles. The lowest BCUT2D eigenvalue weighted by atomic mass is 10.2. The molecule has 0 radical (unpaired) electrons. The maximum atomic E-state index is 11.4. The molecule has 1 aromatic rings. The van der Waals surface area contributed by atoms with E-state index in [2.05, 4.69) is 0 Å². The van der Waals surface area contributed by atoms with Crippen molar-refractivity contribution in [1.29, 1.82) is 0 Å². The molecule has 3 nitrogen and oxygen atoms in total. The van der Waals surface area contributed by atoms with Crippen LogP contribution in [0.2, 0.25) is 0 Å². The number of hydrogen-bond acceptors (Lipinski definition) is 3. The maximum absolute atomic E-state index is 11.4. The summed E-state index contributed by atoms with van der Waals surface area (Å²) >= 11 is 0. The highest BCUT2D eigenvalue weighted by Gasteiger charge is 2.09. The smallest absolute Gasteiger partial charge is 0.337 e. The van der Waals surface area contributed by atoms with Crippen LogP contribution in [0.5, 0.6) is 5.75 Å². The van der Waals surface area contributed by atoms with Gasteiger partial charge in [-0.2, -0.15) is 0 Å². The number of rotatable bonds is 4. The lowest BCUT2D eigenvalue weighted by molar-refractivity contribution is -0.138. The molecule has 0 amide bonds. The number of benzene rings is 1. The normalized spacial score (nSPS) is 11.7. The molecular formula is C13H16O3. The van der Waals surface area contributed by atoms with Crippen LogP contribution in [0.25, 0.3) is 0 Å². The van der Waals surface area contributed by atoms with Gasteiger partial charge in [-0.05, 0) is 32.9 Å². The largest absolute Gasteiger partial charge is 0.463 e. The van der Waals surface area contributed by atoms with Gasteiger partial charge in [-0.25, -0.2) is 4.79 Å². The molecule has 0 bridgehead atoms. The average molecular weight is 220 g/mol. The first-order valence-electron chi connectivity index (χ1n) is 5.22. The van der Waals surface area contributed by atoms with E-state index >= 15 is 0 Å². The van der Waals surface area contributed by atoms with Gasteiger partial charge in [0, 0.05) is 0 Å². The summed E-state index contributed by atoms with van der Waals surface area (Å²) in [5.74, 6) is 0.934. The Kier molecular flexibility index (Phi) is 4.58. The van der Waals surface area contributed by atoms with E-state index in [1.54, 1.807) is 20.8 Å². The predicted octanol–water partition coefficient (Wildman–Crippen LogP) is 2.92. The number of hydrogen-bond donors (Lipinski definition) is 0. The van der Waals surface area contributed by atoms with E-state index in [1.807, 2.05) is 30.3 Å². The summed E-state index contributed by atoms with van der Waals surface area (Å²) in [6.07, 6.45) is 0. The summed E-state index contributed by atoms with van der Waals surface area (Å²) in [6, 6.07) is 9.33. The fourth-order valence-corrected chi connectivity index (χ4v) is 1.12. The number of ether oxygens (including phenoxy) is 2. The van der Waals surface area contributed by atoms with Crippen LogP contribution in [0.3, 0.4) is 0 Å². The van der Waals surface area contributed by atoms with Gasteiger partial charge in [0.1, 0.15) is 11.5 Å². The Morgan fingerprint density at radius 3 is 2.38 bits per heavy atom. The zero-order chi connectivity index (χ0) is 12.0. The van der Waals surface area contributed by atoms with Gasteiger partial charge < -0.3 is 9.47 Å². The summed E-state index contributed by atoms with van der Waals surface area (Å²) in [7, 11) is 0. The predicted molar refractivity (Wildman–Crippen MR) is 62.1 cm³/mol. The zero-order valence-corrected chi connectivity index (χ0v) is 9.82. The van der Waals surface area contributed by atoms with Gasteiger partial charge >= 0.3 is 5.97 Å². The molecule has 3 heteroatoms. The van der Waals surface area contributed by atoms with Crippen molar-refractivity contribution in [3.63, 3.8) is 0 Å². The molecular weight excluding hydrogens is 204 g/mol. The summed E-state index contributed by atoms with van der Waals surface area (Å²) in [5.41, 5.74) is 0.491. The highest BCUT2D eigenvalue weighted by atomic mass is 16.5. The summed E-state index contributed by atoms with van der Waals surface area (Å²) in [6.45, 7) is 5.59. The number of carbonyl (C=O) groups excluding carboxylic acids is 1. The Morgan fingerprint density at radius 2 is 1.81 bits per heavy atom. The highest BCUT2D eigenvalue weighted by molar-refractivity contribution is 5.88. The van der Waals surface area contributed by atoms with Gasteiger partial charge in [-0.3, -0.25) is 0 Å². The molecule has 1 rings (SSSR count). The molecule has 0 aliphatic carbocycles. The first-order chi connectivity index (χ1) is 7.65. The van der Waals surface area contributed by atoms with Crippen LogP contribution in [0.15, 0.2) is 41.7 Å². The zero-order valence-electron chi connectivity index (χ0n) is 9.82. The first-order valence-corrected chi connectivity index (χ1v) is 5.22. The van der Waals surface area contributed by atoms with Crippen LogP contribution in [-0.2, 0) is 9.53 Å². The minimum Gasteiger partial charge on any atom is -0.463 e. The lowest BCUT2D eigenvalue weighted by Crippen LogP contribution is -2.09. The lowest BCUT2D eigenvalue weighted by Gasteiger charge is -2.09. The molecule has 0 spiro atoms. The Labute approximate surface area is 95.7 Å². The van der Waals surface area contributed by atoms with E-state index in [1.165, 1.54) is 0 Å². The quantitative estimate of drug-likeness (QED) is 0.444.